The van der Waals surface area contributed by atoms with Gasteiger partial charge in [0, 0.05) is 0 Å². The lowest BCUT2D eigenvalue weighted by molar-refractivity contribution is -0.136. The molecule has 0 aromatic rings. The molecule has 5 nitrogen and oxygen atoms in total. The second kappa shape index (κ2) is 3.06. The molecule has 0 atom stereocenters. The molecule has 0 aromatic heterocycles. The summed E-state index contributed by atoms with van der Waals surface area (Å²) < 4.78 is 10.4. The Balaban J connectivity index is 2.28. The summed E-state index contributed by atoms with van der Waals surface area (Å²) in [5, 5.41) is 2.42. The van der Waals surface area contributed by atoms with E-state index in [0.717, 1.165) is 0 Å². The van der Waals surface area contributed by atoms with Crippen LogP contribution in [0.25, 0.3) is 0 Å². The quantitative estimate of drug-likeness (QED) is 0.567. The molecule has 0 spiro atoms. The number of ether oxygens (including phenoxy) is 2. The summed E-state index contributed by atoms with van der Waals surface area (Å²) in [5.74, 6) is -0.685. The Kier molecular flexibility index (Phi) is 2.31. The first-order chi connectivity index (χ1) is 5.12. The lowest BCUT2D eigenvalue weighted by Gasteiger charge is -2.21. The zero-order valence-corrected chi connectivity index (χ0v) is 6.42. The maximum Gasteiger partial charge on any atom is 0.312 e. The van der Waals surface area contributed by atoms with Crippen LogP contribution in [0, 0.1) is 0 Å². The van der Waals surface area contributed by atoms with Crippen molar-refractivity contribution in [1.29, 1.82) is 0 Å². The van der Waals surface area contributed by atoms with Gasteiger partial charge in [-0.1, -0.05) is 0 Å². The highest BCUT2D eigenvalue weighted by atomic mass is 16.7. The first-order valence-corrected chi connectivity index (χ1v) is 3.44. The lowest BCUT2D eigenvalue weighted by Crippen LogP contribution is -2.43. The molecule has 11 heavy (non-hydrogen) atoms. The van der Waals surface area contributed by atoms with E-state index < -0.39 is 11.8 Å². The smallest absolute Gasteiger partial charge is 0.312 e. The fourth-order valence-electron chi connectivity index (χ4n) is 0.907. The number of nitrogens with one attached hydrogen (secondary N) is 1. The van der Waals surface area contributed by atoms with E-state index in [-0.39, 0.29) is 0 Å². The third-order valence-corrected chi connectivity index (χ3v) is 1.48. The van der Waals surface area contributed by atoms with Gasteiger partial charge in [0.05, 0.1) is 19.8 Å². The van der Waals surface area contributed by atoms with Gasteiger partial charge < -0.3 is 20.5 Å². The molecule has 1 rings (SSSR count). The van der Waals surface area contributed by atoms with Gasteiger partial charge in [-0.15, -0.1) is 0 Å². The second-order valence-corrected chi connectivity index (χ2v) is 2.55. The van der Waals surface area contributed by atoms with Crippen LogP contribution in [0.15, 0.2) is 0 Å². The Morgan fingerprint density at radius 1 is 1.64 bits per heavy atom. The van der Waals surface area contributed by atoms with Crippen molar-refractivity contribution in [3.63, 3.8) is 0 Å². The third kappa shape index (κ3) is 2.36. The number of urea groups is 1. The van der Waals surface area contributed by atoms with E-state index in [9.17, 15) is 4.79 Å². The summed E-state index contributed by atoms with van der Waals surface area (Å²) >= 11 is 0. The van der Waals surface area contributed by atoms with Crippen LogP contribution in [0.1, 0.15) is 6.92 Å². The van der Waals surface area contributed by atoms with Crippen molar-refractivity contribution in [2.75, 3.05) is 19.8 Å². The van der Waals surface area contributed by atoms with Crippen LogP contribution in [0.3, 0.4) is 0 Å². The molecule has 0 unspecified atom stereocenters. The summed E-state index contributed by atoms with van der Waals surface area (Å²) in [6, 6.07) is -0.565. The van der Waals surface area contributed by atoms with Crippen molar-refractivity contribution in [2.24, 2.45) is 5.73 Å². The Morgan fingerprint density at radius 3 is 2.64 bits per heavy atom. The molecule has 1 fully saturated rings. The normalized spacial score (nSPS) is 21.5. The third-order valence-electron chi connectivity index (χ3n) is 1.48. The summed E-state index contributed by atoms with van der Waals surface area (Å²) in [6.45, 7) is 3.19. The van der Waals surface area contributed by atoms with Crippen LogP contribution in [-0.4, -0.2) is 31.6 Å². The predicted octanol–water partition coefficient (Wildman–Crippen LogP) is -0.582. The summed E-state index contributed by atoms with van der Waals surface area (Å²) in [6.07, 6.45) is 0. The molecule has 0 radical (unpaired) electrons. The van der Waals surface area contributed by atoms with Crippen LogP contribution in [0.5, 0.6) is 0 Å². The molecule has 1 heterocycles. The molecule has 0 bridgehead atoms. The molecule has 64 valence electrons. The highest BCUT2D eigenvalue weighted by Gasteiger charge is 2.30. The van der Waals surface area contributed by atoms with Crippen LogP contribution in [-0.2, 0) is 9.47 Å². The highest BCUT2D eigenvalue weighted by Crippen LogP contribution is 2.16. The van der Waals surface area contributed by atoms with Crippen LogP contribution < -0.4 is 11.1 Å². The van der Waals surface area contributed by atoms with Crippen molar-refractivity contribution >= 4 is 6.03 Å². The number of rotatable bonds is 2. The zero-order chi connectivity index (χ0) is 8.32. The van der Waals surface area contributed by atoms with Crippen molar-refractivity contribution < 1.29 is 14.3 Å². The molecule has 2 amide bonds. The lowest BCUT2D eigenvalue weighted by atomic mass is 10.3. The summed E-state index contributed by atoms with van der Waals surface area (Å²) in [7, 11) is 0. The van der Waals surface area contributed by atoms with Crippen molar-refractivity contribution in [2.45, 2.75) is 12.7 Å². The number of carbonyl (C=O) groups is 1. The number of carbonyl (C=O) groups excluding carboxylic acids is 1. The first kappa shape index (κ1) is 8.29. The maximum atomic E-state index is 10.3. The highest BCUT2D eigenvalue weighted by molar-refractivity contribution is 5.71. The van der Waals surface area contributed by atoms with Crippen LogP contribution in [0.2, 0.25) is 0 Å². The Hall–Kier alpha value is -0.810. The SMILES string of the molecule is CC1(CNC(N)=O)OCCO1. The molecular formula is C6H12N2O3. The van der Waals surface area contributed by atoms with E-state index in [4.69, 9.17) is 15.2 Å². The minimum atomic E-state index is -0.685. The van der Waals surface area contributed by atoms with Crippen LogP contribution in [0.4, 0.5) is 4.79 Å². The van der Waals surface area contributed by atoms with Gasteiger partial charge in [-0.2, -0.15) is 0 Å². The van der Waals surface area contributed by atoms with E-state index >= 15 is 0 Å². The zero-order valence-electron chi connectivity index (χ0n) is 6.42. The first-order valence-electron chi connectivity index (χ1n) is 3.44. The van der Waals surface area contributed by atoms with Crippen molar-refractivity contribution in [3.8, 4) is 0 Å². The fraction of sp³-hybridized carbons (Fsp3) is 0.833. The van der Waals surface area contributed by atoms with Gasteiger partial charge in [0.2, 0.25) is 0 Å². The number of hydrogen-bond donors (Lipinski definition) is 2. The standard InChI is InChI=1S/C6H12N2O3/c1-6(4-8-5(7)9)10-2-3-11-6/h2-4H2,1H3,(H3,7,8,9). The largest absolute Gasteiger partial charge is 0.352 e. The number of primary amides is 1. The van der Waals surface area contributed by atoms with Crippen molar-refractivity contribution in [1.82, 2.24) is 5.32 Å². The minimum Gasteiger partial charge on any atom is -0.352 e. The Labute approximate surface area is 64.8 Å². The van der Waals surface area contributed by atoms with Crippen molar-refractivity contribution in [3.05, 3.63) is 0 Å². The predicted molar refractivity (Wildman–Crippen MR) is 37.9 cm³/mol. The molecule has 5 heteroatoms. The summed E-state index contributed by atoms with van der Waals surface area (Å²) in [5.41, 5.74) is 4.87. The molecule has 0 aliphatic carbocycles. The number of nitrogens with two attached hydrogens (primary N) is 1. The van der Waals surface area contributed by atoms with Gasteiger partial charge in [-0.05, 0) is 6.92 Å². The summed E-state index contributed by atoms with van der Waals surface area (Å²) in [4.78, 5) is 10.3. The number of amides is 2. The Morgan fingerprint density at radius 2 is 2.18 bits per heavy atom. The van der Waals surface area contributed by atoms with Gasteiger partial charge >= 0.3 is 6.03 Å². The monoisotopic (exact) mass is 160 g/mol. The van der Waals surface area contributed by atoms with E-state index in [1.807, 2.05) is 0 Å². The molecule has 1 aliphatic rings. The molecule has 0 saturated carbocycles. The molecule has 3 N–H and O–H groups in total. The van der Waals surface area contributed by atoms with E-state index in [0.29, 0.717) is 19.8 Å². The van der Waals surface area contributed by atoms with E-state index in [2.05, 4.69) is 5.32 Å². The average molecular weight is 160 g/mol. The molecule has 1 saturated heterocycles. The van der Waals surface area contributed by atoms with Gasteiger partial charge in [0.1, 0.15) is 0 Å². The number of hydrogen-bond acceptors (Lipinski definition) is 3. The topological polar surface area (TPSA) is 73.6 Å². The minimum absolute atomic E-state index is 0.294. The molecular weight excluding hydrogens is 148 g/mol. The van der Waals surface area contributed by atoms with Gasteiger partial charge in [0.15, 0.2) is 5.79 Å². The van der Waals surface area contributed by atoms with Gasteiger partial charge in [-0.25, -0.2) is 4.79 Å². The second-order valence-electron chi connectivity index (χ2n) is 2.55. The molecule has 1 aliphatic heterocycles. The van der Waals surface area contributed by atoms with Gasteiger partial charge in [-0.3, -0.25) is 0 Å². The van der Waals surface area contributed by atoms with Crippen LogP contribution >= 0.6 is 0 Å². The van der Waals surface area contributed by atoms with Gasteiger partial charge in [0.25, 0.3) is 0 Å². The van der Waals surface area contributed by atoms with E-state index in [1.54, 1.807) is 6.92 Å². The Bertz CT molecular complexity index is 154. The fourth-order valence-corrected chi connectivity index (χ4v) is 0.907. The average Bonchev–Trinajstić information content (AvgIpc) is 2.33. The van der Waals surface area contributed by atoms with E-state index in [1.165, 1.54) is 0 Å². The molecule has 0 aromatic carbocycles. The maximum absolute atomic E-state index is 10.3.